The fourth-order valence-corrected chi connectivity index (χ4v) is 3.16. The maximum absolute atomic E-state index is 14.4. The third-order valence-corrected chi connectivity index (χ3v) is 4.49. The summed E-state index contributed by atoms with van der Waals surface area (Å²) in [7, 11) is 5.41. The molecule has 2 heterocycles. The highest BCUT2D eigenvalue weighted by Gasteiger charge is 2.17. The fraction of sp³-hybridized carbons (Fsp3) is 0.136. The van der Waals surface area contributed by atoms with Gasteiger partial charge in [-0.15, -0.1) is 0 Å². The molecule has 140 valence electrons. The highest BCUT2D eigenvalue weighted by molar-refractivity contribution is 5.98. The van der Waals surface area contributed by atoms with Gasteiger partial charge in [0.1, 0.15) is 22.9 Å². The number of rotatable bonds is 4. The van der Waals surface area contributed by atoms with Crippen molar-refractivity contribution in [3.8, 4) is 28.3 Å². The molecule has 4 aromatic rings. The molecule has 0 amide bonds. The lowest BCUT2D eigenvalue weighted by atomic mass is 10.0. The van der Waals surface area contributed by atoms with E-state index in [4.69, 9.17) is 14.7 Å². The van der Waals surface area contributed by atoms with Crippen LogP contribution in [0.1, 0.15) is 0 Å². The van der Waals surface area contributed by atoms with E-state index in [0.717, 1.165) is 16.8 Å². The molecule has 5 nitrogen and oxygen atoms in total. The fourth-order valence-electron chi connectivity index (χ4n) is 3.16. The molecule has 2 aromatic heterocycles. The molecular weight excluding hydrogens is 355 g/mol. The van der Waals surface area contributed by atoms with Crippen LogP contribution in [0, 0.1) is 5.82 Å². The number of nitrogens with zero attached hydrogens (tertiary/aromatic N) is 4. The van der Waals surface area contributed by atoms with Crippen LogP contribution in [0.2, 0.25) is 0 Å². The molecule has 0 aliphatic heterocycles. The molecule has 0 spiro atoms. The van der Waals surface area contributed by atoms with Crippen molar-refractivity contribution in [1.29, 1.82) is 0 Å². The molecular formula is C22H19FN4O. The highest BCUT2D eigenvalue weighted by Crippen LogP contribution is 2.37. The summed E-state index contributed by atoms with van der Waals surface area (Å²) in [5.74, 6) is 1.55. The van der Waals surface area contributed by atoms with Gasteiger partial charge in [-0.05, 0) is 35.9 Å². The first-order valence-electron chi connectivity index (χ1n) is 8.81. The third-order valence-electron chi connectivity index (χ3n) is 4.49. The van der Waals surface area contributed by atoms with Crippen LogP contribution in [0.25, 0.3) is 33.4 Å². The second kappa shape index (κ2) is 7.23. The van der Waals surface area contributed by atoms with E-state index in [1.54, 1.807) is 37.7 Å². The number of methoxy groups -OCH3 is 1. The van der Waals surface area contributed by atoms with Gasteiger partial charge >= 0.3 is 0 Å². The van der Waals surface area contributed by atoms with E-state index in [2.05, 4.69) is 4.98 Å². The number of ether oxygens (including phenoxy) is 1. The van der Waals surface area contributed by atoms with Crippen LogP contribution >= 0.6 is 0 Å². The molecule has 0 aliphatic carbocycles. The number of anilines is 1. The molecule has 0 saturated heterocycles. The first-order chi connectivity index (χ1) is 13.6. The molecule has 0 N–H and O–H groups in total. The van der Waals surface area contributed by atoms with Crippen molar-refractivity contribution in [1.82, 2.24) is 15.0 Å². The van der Waals surface area contributed by atoms with E-state index in [9.17, 15) is 4.39 Å². The van der Waals surface area contributed by atoms with Crippen molar-refractivity contribution in [3.05, 3.63) is 66.7 Å². The molecule has 0 radical (unpaired) electrons. The van der Waals surface area contributed by atoms with E-state index in [1.165, 1.54) is 6.07 Å². The Morgan fingerprint density at radius 2 is 1.79 bits per heavy atom. The molecule has 0 bridgehead atoms. The van der Waals surface area contributed by atoms with Gasteiger partial charge in [0.05, 0.1) is 7.11 Å². The average Bonchev–Trinajstić information content (AvgIpc) is 2.73. The van der Waals surface area contributed by atoms with Crippen LogP contribution in [-0.2, 0) is 0 Å². The molecule has 4 rings (SSSR count). The van der Waals surface area contributed by atoms with Crippen LogP contribution in [-0.4, -0.2) is 36.2 Å². The average molecular weight is 374 g/mol. The van der Waals surface area contributed by atoms with Crippen molar-refractivity contribution in [3.63, 3.8) is 0 Å². The van der Waals surface area contributed by atoms with Gasteiger partial charge in [0.15, 0.2) is 5.82 Å². The van der Waals surface area contributed by atoms with Crippen molar-refractivity contribution in [2.24, 2.45) is 0 Å². The molecule has 6 heteroatoms. The first-order valence-corrected chi connectivity index (χ1v) is 8.81. The second-order valence-corrected chi connectivity index (χ2v) is 6.56. The normalized spacial score (nSPS) is 10.9. The van der Waals surface area contributed by atoms with Gasteiger partial charge < -0.3 is 9.64 Å². The number of pyridine rings is 1. The van der Waals surface area contributed by atoms with Gasteiger partial charge in [-0.25, -0.2) is 14.4 Å². The molecule has 0 atom stereocenters. The Kier molecular flexibility index (Phi) is 4.61. The highest BCUT2D eigenvalue weighted by atomic mass is 19.1. The summed E-state index contributed by atoms with van der Waals surface area (Å²) in [5, 5.41) is 0.787. The zero-order chi connectivity index (χ0) is 19.7. The Labute approximate surface area is 162 Å². The third kappa shape index (κ3) is 3.13. The van der Waals surface area contributed by atoms with Crippen LogP contribution in [0.4, 0.5) is 10.2 Å². The first kappa shape index (κ1) is 17.9. The Morgan fingerprint density at radius 3 is 2.46 bits per heavy atom. The Morgan fingerprint density at radius 1 is 0.964 bits per heavy atom. The minimum Gasteiger partial charge on any atom is -0.494 e. The van der Waals surface area contributed by atoms with Crippen LogP contribution in [0.15, 0.2) is 60.9 Å². The van der Waals surface area contributed by atoms with Gasteiger partial charge in [0.25, 0.3) is 0 Å². The van der Waals surface area contributed by atoms with E-state index in [1.807, 2.05) is 43.3 Å². The smallest absolute Gasteiger partial charge is 0.163 e. The lowest BCUT2D eigenvalue weighted by molar-refractivity contribution is 0.419. The lowest BCUT2D eigenvalue weighted by Gasteiger charge is -2.18. The number of fused-ring (bicyclic) bond motifs is 1. The Balaban J connectivity index is 2.03. The summed E-state index contributed by atoms with van der Waals surface area (Å²) in [6.45, 7) is 0. The number of hydrogen-bond donors (Lipinski definition) is 0. The summed E-state index contributed by atoms with van der Waals surface area (Å²) in [6.07, 6.45) is 3.43. The van der Waals surface area contributed by atoms with Gasteiger partial charge in [-0.2, -0.15) is 0 Å². The summed E-state index contributed by atoms with van der Waals surface area (Å²) in [6, 6.07) is 14.1. The maximum Gasteiger partial charge on any atom is 0.163 e. The molecule has 28 heavy (non-hydrogen) atoms. The summed E-state index contributed by atoms with van der Waals surface area (Å²) < 4.78 is 20.0. The number of halogens is 1. The number of aromatic nitrogens is 3. The van der Waals surface area contributed by atoms with E-state index >= 15 is 0 Å². The largest absolute Gasteiger partial charge is 0.494 e. The number of hydrogen-bond acceptors (Lipinski definition) is 5. The van der Waals surface area contributed by atoms with E-state index in [0.29, 0.717) is 28.2 Å². The van der Waals surface area contributed by atoms with Crippen LogP contribution in [0.3, 0.4) is 0 Å². The quantitative estimate of drug-likeness (QED) is 0.524. The van der Waals surface area contributed by atoms with Gasteiger partial charge in [-0.3, -0.25) is 4.98 Å². The van der Waals surface area contributed by atoms with Crippen molar-refractivity contribution in [2.45, 2.75) is 0 Å². The molecule has 0 fully saturated rings. The van der Waals surface area contributed by atoms with Gasteiger partial charge in [0, 0.05) is 43.0 Å². The second-order valence-electron chi connectivity index (χ2n) is 6.56. The SMILES string of the molecule is COc1cc(-c2ccccc2F)cc2c(N(C)C)nc(-c3cccnc3)nc12. The van der Waals surface area contributed by atoms with Crippen molar-refractivity contribution in [2.75, 3.05) is 26.1 Å². The minimum absolute atomic E-state index is 0.289. The van der Waals surface area contributed by atoms with Crippen molar-refractivity contribution < 1.29 is 9.13 Å². The Bertz CT molecular complexity index is 1150. The Hall–Kier alpha value is -3.54. The zero-order valence-electron chi connectivity index (χ0n) is 15.8. The predicted octanol–water partition coefficient (Wildman–Crippen LogP) is 4.57. The van der Waals surface area contributed by atoms with E-state index in [-0.39, 0.29) is 5.82 Å². The molecule has 2 aromatic carbocycles. The van der Waals surface area contributed by atoms with Crippen LogP contribution < -0.4 is 9.64 Å². The predicted molar refractivity (Wildman–Crippen MR) is 109 cm³/mol. The minimum atomic E-state index is -0.289. The molecule has 0 unspecified atom stereocenters. The molecule has 0 saturated carbocycles. The monoisotopic (exact) mass is 374 g/mol. The summed E-state index contributed by atoms with van der Waals surface area (Å²) in [4.78, 5) is 15.5. The van der Waals surface area contributed by atoms with E-state index < -0.39 is 0 Å². The topological polar surface area (TPSA) is 51.1 Å². The standard InChI is InChI=1S/C22H19FN4O/c1-27(2)22-17-11-15(16-8-4-5-9-18(16)23)12-19(28-3)20(17)25-21(26-22)14-7-6-10-24-13-14/h4-13H,1-3H3. The van der Waals surface area contributed by atoms with Crippen LogP contribution in [0.5, 0.6) is 5.75 Å². The maximum atomic E-state index is 14.4. The summed E-state index contributed by atoms with van der Waals surface area (Å²) >= 11 is 0. The van der Waals surface area contributed by atoms with Gasteiger partial charge in [0.2, 0.25) is 0 Å². The molecule has 0 aliphatic rings. The van der Waals surface area contributed by atoms with Crippen molar-refractivity contribution >= 4 is 16.7 Å². The van der Waals surface area contributed by atoms with Gasteiger partial charge in [-0.1, -0.05) is 18.2 Å². The lowest BCUT2D eigenvalue weighted by Crippen LogP contribution is -2.12. The zero-order valence-corrected chi connectivity index (χ0v) is 15.8. The number of benzene rings is 2. The summed E-state index contributed by atoms with van der Waals surface area (Å²) in [5.41, 5.74) is 2.69.